The van der Waals surface area contributed by atoms with Gasteiger partial charge in [-0.05, 0) is 42.7 Å². The van der Waals surface area contributed by atoms with Crippen molar-refractivity contribution in [2.45, 2.75) is 38.5 Å². The third-order valence-electron chi connectivity index (χ3n) is 5.07. The Balaban J connectivity index is 1.72. The maximum atomic E-state index is 12.5. The van der Waals surface area contributed by atoms with E-state index in [2.05, 4.69) is 5.32 Å². The van der Waals surface area contributed by atoms with Crippen LogP contribution in [0.4, 0.5) is 0 Å². The molecule has 0 aliphatic carbocycles. The van der Waals surface area contributed by atoms with Gasteiger partial charge in [-0.15, -0.1) is 0 Å². The summed E-state index contributed by atoms with van der Waals surface area (Å²) in [5.74, 6) is -0.634. The molecule has 8 heteroatoms. The van der Waals surface area contributed by atoms with Crippen LogP contribution in [0, 0.1) is 6.92 Å². The zero-order valence-corrected chi connectivity index (χ0v) is 20.2. The van der Waals surface area contributed by atoms with E-state index >= 15 is 0 Å². The maximum absolute atomic E-state index is 12.5. The molecular formula is C25H32N2O5S. The number of sulfonamides is 1. The summed E-state index contributed by atoms with van der Waals surface area (Å²) in [6.45, 7) is 6.72. The second kappa shape index (κ2) is 12.9. The fourth-order valence-corrected chi connectivity index (χ4v) is 4.58. The first-order valence-corrected chi connectivity index (χ1v) is 12.5. The van der Waals surface area contributed by atoms with Crippen LogP contribution < -0.4 is 5.32 Å². The summed E-state index contributed by atoms with van der Waals surface area (Å²) < 4.78 is 31.5. The van der Waals surface area contributed by atoms with E-state index < -0.39 is 16.0 Å². The molecule has 2 aromatic carbocycles. The minimum atomic E-state index is -3.51. The van der Waals surface area contributed by atoms with Gasteiger partial charge in [0.05, 0.1) is 11.4 Å². The van der Waals surface area contributed by atoms with Crippen LogP contribution in [0.3, 0.4) is 0 Å². The number of nitrogens with one attached hydrogen (secondary N) is 1. The molecule has 0 radical (unpaired) electrons. The first kappa shape index (κ1) is 26.3. The second-order valence-electron chi connectivity index (χ2n) is 7.49. The van der Waals surface area contributed by atoms with Gasteiger partial charge in [0.25, 0.3) is 0 Å². The van der Waals surface area contributed by atoms with Crippen molar-refractivity contribution in [3.8, 4) is 0 Å². The lowest BCUT2D eigenvalue weighted by Crippen LogP contribution is -2.30. The number of hydrogen-bond donors (Lipinski definition) is 1. The van der Waals surface area contributed by atoms with Gasteiger partial charge in [0.1, 0.15) is 6.61 Å². The molecule has 0 aromatic heterocycles. The van der Waals surface area contributed by atoms with Gasteiger partial charge in [0, 0.05) is 25.6 Å². The van der Waals surface area contributed by atoms with Crippen molar-refractivity contribution in [2.24, 2.45) is 0 Å². The number of nitrogens with zero attached hydrogens (tertiary/aromatic N) is 1. The van der Waals surface area contributed by atoms with Crippen molar-refractivity contribution in [3.05, 3.63) is 71.3 Å². The Kier molecular flexibility index (Phi) is 10.3. The van der Waals surface area contributed by atoms with Crippen LogP contribution in [0.5, 0.6) is 0 Å². The Morgan fingerprint density at radius 2 is 1.64 bits per heavy atom. The van der Waals surface area contributed by atoms with Crippen molar-refractivity contribution < 1.29 is 22.7 Å². The van der Waals surface area contributed by atoms with Crippen molar-refractivity contribution in [3.63, 3.8) is 0 Å². The molecule has 0 aliphatic heterocycles. The van der Waals surface area contributed by atoms with Crippen molar-refractivity contribution in [2.75, 3.05) is 26.2 Å². The quantitative estimate of drug-likeness (QED) is 0.291. The summed E-state index contributed by atoms with van der Waals surface area (Å²) in [5, 5.41) is 2.73. The van der Waals surface area contributed by atoms with E-state index in [1.807, 2.05) is 31.2 Å². The molecule has 2 aromatic rings. The van der Waals surface area contributed by atoms with E-state index in [1.165, 1.54) is 28.1 Å². The van der Waals surface area contributed by atoms with E-state index in [4.69, 9.17) is 4.74 Å². The molecule has 2 rings (SSSR count). The number of hydrogen-bond acceptors (Lipinski definition) is 5. The summed E-state index contributed by atoms with van der Waals surface area (Å²) >= 11 is 0. The predicted molar refractivity (Wildman–Crippen MR) is 129 cm³/mol. The molecule has 33 heavy (non-hydrogen) atoms. The van der Waals surface area contributed by atoms with Crippen LogP contribution in [-0.4, -0.2) is 50.8 Å². The van der Waals surface area contributed by atoms with E-state index in [0.29, 0.717) is 31.5 Å². The Bertz CT molecular complexity index is 1040. The largest absolute Gasteiger partial charge is 0.461 e. The molecule has 1 N–H and O–H groups in total. The molecule has 0 unspecified atom stereocenters. The number of carbonyl (C=O) groups is 2. The first-order chi connectivity index (χ1) is 15.8. The summed E-state index contributed by atoms with van der Waals surface area (Å²) in [5.41, 5.74) is 2.96. The summed E-state index contributed by atoms with van der Waals surface area (Å²) in [7, 11) is -3.51. The van der Waals surface area contributed by atoms with Gasteiger partial charge >= 0.3 is 5.97 Å². The van der Waals surface area contributed by atoms with Crippen LogP contribution >= 0.6 is 0 Å². The first-order valence-electron chi connectivity index (χ1n) is 11.0. The van der Waals surface area contributed by atoms with Gasteiger partial charge in [0.15, 0.2) is 0 Å². The zero-order chi connectivity index (χ0) is 24.3. The number of amides is 1. The van der Waals surface area contributed by atoms with Gasteiger partial charge in [-0.2, -0.15) is 4.31 Å². The molecule has 0 saturated carbocycles. The Morgan fingerprint density at radius 3 is 2.24 bits per heavy atom. The van der Waals surface area contributed by atoms with Crippen molar-refractivity contribution >= 4 is 28.0 Å². The third kappa shape index (κ3) is 8.47. The van der Waals surface area contributed by atoms with E-state index in [-0.39, 0.29) is 24.0 Å². The highest BCUT2D eigenvalue weighted by atomic mass is 32.2. The minimum Gasteiger partial charge on any atom is -0.461 e. The molecule has 1 amide bonds. The average molecular weight is 473 g/mol. The Hall–Kier alpha value is -2.97. The van der Waals surface area contributed by atoms with Crippen LogP contribution in [0.25, 0.3) is 6.08 Å². The topological polar surface area (TPSA) is 92.8 Å². The number of esters is 1. The van der Waals surface area contributed by atoms with E-state index in [1.54, 1.807) is 32.1 Å². The number of carbonyl (C=O) groups excluding carboxylic acids is 2. The molecular weight excluding hydrogens is 440 g/mol. The SMILES string of the molecule is CCN(CC)S(=O)(=O)c1ccc(/C=C/C(=O)OCCNC(=O)CCc2ccc(C)cc2)cc1. The highest BCUT2D eigenvalue weighted by Crippen LogP contribution is 2.16. The molecule has 0 atom stereocenters. The van der Waals surface area contributed by atoms with E-state index in [0.717, 1.165) is 5.56 Å². The van der Waals surface area contributed by atoms with Crippen LogP contribution in [0.15, 0.2) is 59.5 Å². The summed E-state index contributed by atoms with van der Waals surface area (Å²) in [6, 6.07) is 14.4. The van der Waals surface area contributed by atoms with Crippen molar-refractivity contribution in [1.82, 2.24) is 9.62 Å². The normalized spacial score (nSPS) is 11.6. The van der Waals surface area contributed by atoms with Crippen molar-refractivity contribution in [1.29, 1.82) is 0 Å². The molecule has 178 valence electrons. The number of rotatable bonds is 12. The summed E-state index contributed by atoms with van der Waals surface area (Å²) in [6.07, 6.45) is 3.85. The lowest BCUT2D eigenvalue weighted by atomic mass is 10.1. The highest BCUT2D eigenvalue weighted by Gasteiger charge is 2.20. The number of benzene rings is 2. The fourth-order valence-electron chi connectivity index (χ4n) is 3.12. The van der Waals surface area contributed by atoms with E-state index in [9.17, 15) is 18.0 Å². The fraction of sp³-hybridized carbons (Fsp3) is 0.360. The minimum absolute atomic E-state index is 0.0699. The van der Waals surface area contributed by atoms with Gasteiger partial charge in [-0.3, -0.25) is 4.79 Å². The molecule has 7 nitrogen and oxygen atoms in total. The molecule has 0 aliphatic rings. The lowest BCUT2D eigenvalue weighted by molar-refractivity contribution is -0.138. The predicted octanol–water partition coefficient (Wildman–Crippen LogP) is 3.33. The highest BCUT2D eigenvalue weighted by molar-refractivity contribution is 7.89. The number of aryl methyl sites for hydroxylation is 2. The van der Waals surface area contributed by atoms with Crippen LogP contribution in [0.2, 0.25) is 0 Å². The van der Waals surface area contributed by atoms with Gasteiger partial charge < -0.3 is 10.1 Å². The third-order valence-corrected chi connectivity index (χ3v) is 7.13. The van der Waals surface area contributed by atoms with Crippen LogP contribution in [0.1, 0.15) is 37.0 Å². The van der Waals surface area contributed by atoms with Gasteiger partial charge in [0.2, 0.25) is 15.9 Å². The zero-order valence-electron chi connectivity index (χ0n) is 19.4. The standard InChI is InChI=1S/C25H32N2O5S/c1-4-27(5-2)33(30,31)23-14-10-22(11-15-23)13-17-25(29)32-19-18-26-24(28)16-12-21-8-6-20(3)7-9-21/h6-11,13-15,17H,4-5,12,16,18-19H2,1-3H3,(H,26,28)/b17-13+. The summed E-state index contributed by atoms with van der Waals surface area (Å²) in [4.78, 5) is 24.0. The van der Waals surface area contributed by atoms with Crippen LogP contribution in [-0.2, 0) is 30.8 Å². The molecule has 0 saturated heterocycles. The molecule has 0 bridgehead atoms. The molecule has 0 fully saturated rings. The smallest absolute Gasteiger partial charge is 0.330 e. The second-order valence-corrected chi connectivity index (χ2v) is 9.43. The average Bonchev–Trinajstić information content (AvgIpc) is 2.81. The van der Waals surface area contributed by atoms with Gasteiger partial charge in [-0.25, -0.2) is 13.2 Å². The monoisotopic (exact) mass is 472 g/mol. The molecule has 0 spiro atoms. The Morgan fingerprint density at radius 1 is 1.00 bits per heavy atom. The molecule has 0 heterocycles. The Labute approximate surface area is 196 Å². The van der Waals surface area contributed by atoms with Gasteiger partial charge in [-0.1, -0.05) is 55.8 Å². The number of ether oxygens (including phenoxy) is 1. The maximum Gasteiger partial charge on any atom is 0.330 e. The lowest BCUT2D eigenvalue weighted by Gasteiger charge is -2.18.